The summed E-state index contributed by atoms with van der Waals surface area (Å²) in [7, 11) is 0. The molecule has 154 valence electrons. The molecule has 2 aromatic rings. The monoisotopic (exact) mass is 427 g/mol. The molecule has 1 fully saturated rings. The van der Waals surface area contributed by atoms with E-state index in [9.17, 15) is 20.2 Å². The summed E-state index contributed by atoms with van der Waals surface area (Å²) in [5, 5.41) is 25.8. The minimum atomic E-state index is -0.703. The molecule has 30 heavy (non-hydrogen) atoms. The number of ether oxygens (including phenoxy) is 1. The fraction of sp³-hybridized carbons (Fsp3) is 0.200. The molecule has 0 spiro atoms. The number of benzene rings is 2. The molecular formula is C20H18ClN5O4. The van der Waals surface area contributed by atoms with Gasteiger partial charge in [-0.25, -0.2) is 0 Å². The SMILES string of the molecule is N#C/C(=C/Nc1ccccc1N1CCOCC1)C(=O)Nc1ccc(Cl)c([N+](=O)[O-])c1. The lowest BCUT2D eigenvalue weighted by Gasteiger charge is -2.30. The van der Waals surface area contributed by atoms with Crippen molar-refractivity contribution in [2.24, 2.45) is 0 Å². The molecule has 1 amide bonds. The van der Waals surface area contributed by atoms with Crippen molar-refractivity contribution in [2.75, 3.05) is 41.8 Å². The number of halogens is 1. The van der Waals surface area contributed by atoms with Crippen LogP contribution in [0, 0.1) is 21.4 Å². The number of para-hydroxylation sites is 2. The predicted molar refractivity (Wildman–Crippen MR) is 114 cm³/mol. The van der Waals surface area contributed by atoms with Crippen molar-refractivity contribution >= 4 is 40.3 Å². The zero-order valence-electron chi connectivity index (χ0n) is 15.8. The van der Waals surface area contributed by atoms with Crippen LogP contribution in [0.4, 0.5) is 22.7 Å². The Morgan fingerprint density at radius 3 is 2.70 bits per heavy atom. The number of hydrogen-bond acceptors (Lipinski definition) is 7. The Morgan fingerprint density at radius 1 is 1.27 bits per heavy atom. The number of amides is 1. The Morgan fingerprint density at radius 2 is 2.00 bits per heavy atom. The normalized spacial score (nSPS) is 14.0. The van der Waals surface area contributed by atoms with E-state index in [2.05, 4.69) is 15.5 Å². The largest absolute Gasteiger partial charge is 0.378 e. The van der Waals surface area contributed by atoms with Gasteiger partial charge in [0.05, 0.1) is 29.5 Å². The van der Waals surface area contributed by atoms with Gasteiger partial charge < -0.3 is 20.3 Å². The molecule has 0 unspecified atom stereocenters. The second-order valence-electron chi connectivity index (χ2n) is 6.31. The Kier molecular flexibility index (Phi) is 6.85. The molecule has 0 atom stereocenters. The van der Waals surface area contributed by atoms with E-state index in [1.807, 2.05) is 30.3 Å². The second kappa shape index (κ2) is 9.73. The van der Waals surface area contributed by atoms with Crippen molar-refractivity contribution in [1.82, 2.24) is 0 Å². The van der Waals surface area contributed by atoms with Gasteiger partial charge in [0.15, 0.2) is 0 Å². The van der Waals surface area contributed by atoms with Crippen molar-refractivity contribution < 1.29 is 14.5 Å². The molecule has 1 heterocycles. The number of hydrogen-bond donors (Lipinski definition) is 2. The minimum Gasteiger partial charge on any atom is -0.378 e. The summed E-state index contributed by atoms with van der Waals surface area (Å²) in [4.78, 5) is 24.9. The van der Waals surface area contributed by atoms with Gasteiger partial charge in [-0.1, -0.05) is 23.7 Å². The van der Waals surface area contributed by atoms with Crippen LogP contribution in [0.1, 0.15) is 0 Å². The fourth-order valence-electron chi connectivity index (χ4n) is 2.90. The molecular weight excluding hydrogens is 410 g/mol. The van der Waals surface area contributed by atoms with Crippen molar-refractivity contribution in [2.45, 2.75) is 0 Å². The maximum atomic E-state index is 12.4. The van der Waals surface area contributed by atoms with Gasteiger partial charge in [0, 0.05) is 31.0 Å². The number of nitro groups is 1. The summed E-state index contributed by atoms with van der Waals surface area (Å²) in [6.45, 7) is 2.74. The number of morpholine rings is 1. The third-order valence-electron chi connectivity index (χ3n) is 4.39. The molecule has 2 aromatic carbocycles. The summed E-state index contributed by atoms with van der Waals surface area (Å²) < 4.78 is 5.37. The number of nitrogens with zero attached hydrogens (tertiary/aromatic N) is 3. The molecule has 10 heteroatoms. The van der Waals surface area contributed by atoms with Crippen LogP contribution < -0.4 is 15.5 Å². The van der Waals surface area contributed by atoms with E-state index >= 15 is 0 Å². The van der Waals surface area contributed by atoms with Crippen LogP contribution >= 0.6 is 11.6 Å². The molecule has 1 aliphatic heterocycles. The first kappa shape index (κ1) is 21.1. The molecule has 2 N–H and O–H groups in total. The quantitative estimate of drug-likeness (QED) is 0.313. The van der Waals surface area contributed by atoms with Gasteiger partial charge in [0.1, 0.15) is 16.7 Å². The standard InChI is InChI=1S/C20H18ClN5O4/c21-16-6-5-15(11-19(16)26(28)29)24-20(27)14(12-22)13-23-17-3-1-2-4-18(17)25-7-9-30-10-8-25/h1-6,11,13,23H,7-10H2,(H,24,27)/b14-13-. The Balaban J connectivity index is 1.75. The molecule has 0 radical (unpaired) electrons. The van der Waals surface area contributed by atoms with Gasteiger partial charge >= 0.3 is 0 Å². The van der Waals surface area contributed by atoms with E-state index in [-0.39, 0.29) is 22.0 Å². The van der Waals surface area contributed by atoms with E-state index in [1.165, 1.54) is 18.3 Å². The highest BCUT2D eigenvalue weighted by Gasteiger charge is 2.17. The van der Waals surface area contributed by atoms with Crippen LogP contribution in [0.5, 0.6) is 0 Å². The Hall–Kier alpha value is -3.61. The van der Waals surface area contributed by atoms with Crippen LogP contribution in [0.25, 0.3) is 0 Å². The third kappa shape index (κ3) is 5.05. The van der Waals surface area contributed by atoms with E-state index < -0.39 is 10.8 Å². The molecule has 0 saturated carbocycles. The minimum absolute atomic E-state index is 0.0459. The summed E-state index contributed by atoms with van der Waals surface area (Å²) in [5.74, 6) is -0.703. The molecule has 1 aliphatic rings. The highest BCUT2D eigenvalue weighted by Crippen LogP contribution is 2.28. The van der Waals surface area contributed by atoms with Gasteiger partial charge in [-0.05, 0) is 24.3 Å². The van der Waals surface area contributed by atoms with E-state index in [1.54, 1.807) is 0 Å². The maximum absolute atomic E-state index is 12.4. The van der Waals surface area contributed by atoms with Gasteiger partial charge in [-0.15, -0.1) is 0 Å². The van der Waals surface area contributed by atoms with Gasteiger partial charge in [0.25, 0.3) is 11.6 Å². The number of nitro benzene ring substituents is 1. The summed E-state index contributed by atoms with van der Waals surface area (Å²) in [6, 6.07) is 13.2. The number of carbonyl (C=O) groups excluding carboxylic acids is 1. The molecule has 0 aliphatic carbocycles. The molecule has 9 nitrogen and oxygen atoms in total. The van der Waals surface area contributed by atoms with E-state index in [4.69, 9.17) is 16.3 Å². The first-order valence-corrected chi connectivity index (χ1v) is 9.41. The van der Waals surface area contributed by atoms with E-state index in [0.717, 1.165) is 30.5 Å². The predicted octanol–water partition coefficient (Wildman–Crippen LogP) is 3.54. The molecule has 0 aromatic heterocycles. The Labute approximate surface area is 177 Å². The van der Waals surface area contributed by atoms with Crippen molar-refractivity contribution in [1.29, 1.82) is 5.26 Å². The zero-order valence-corrected chi connectivity index (χ0v) is 16.6. The zero-order chi connectivity index (χ0) is 21.5. The van der Waals surface area contributed by atoms with Crippen LogP contribution in [0.3, 0.4) is 0 Å². The number of nitriles is 1. The lowest BCUT2D eigenvalue weighted by Crippen LogP contribution is -2.36. The summed E-state index contributed by atoms with van der Waals surface area (Å²) in [6.07, 6.45) is 1.30. The Bertz CT molecular complexity index is 1030. The maximum Gasteiger partial charge on any atom is 0.289 e. The average Bonchev–Trinajstić information content (AvgIpc) is 2.76. The van der Waals surface area contributed by atoms with Crippen LogP contribution in [0.2, 0.25) is 5.02 Å². The third-order valence-corrected chi connectivity index (χ3v) is 4.71. The van der Waals surface area contributed by atoms with Gasteiger partial charge in [0.2, 0.25) is 0 Å². The summed E-state index contributed by atoms with van der Waals surface area (Å²) >= 11 is 5.77. The number of carbonyl (C=O) groups is 1. The van der Waals surface area contributed by atoms with E-state index in [0.29, 0.717) is 13.2 Å². The lowest BCUT2D eigenvalue weighted by atomic mass is 10.2. The summed E-state index contributed by atoms with van der Waals surface area (Å²) in [5.41, 5.74) is 1.30. The molecule has 1 saturated heterocycles. The first-order chi connectivity index (χ1) is 14.5. The first-order valence-electron chi connectivity index (χ1n) is 9.03. The van der Waals surface area contributed by atoms with Crippen LogP contribution in [0.15, 0.2) is 54.2 Å². The van der Waals surface area contributed by atoms with Crippen LogP contribution in [-0.4, -0.2) is 37.1 Å². The second-order valence-corrected chi connectivity index (χ2v) is 6.72. The molecule has 3 rings (SSSR count). The van der Waals surface area contributed by atoms with Crippen molar-refractivity contribution in [3.8, 4) is 6.07 Å². The number of nitrogens with one attached hydrogen (secondary N) is 2. The van der Waals surface area contributed by atoms with Crippen LogP contribution in [-0.2, 0) is 9.53 Å². The highest BCUT2D eigenvalue weighted by molar-refractivity contribution is 6.32. The van der Waals surface area contributed by atoms with Crippen molar-refractivity contribution in [3.63, 3.8) is 0 Å². The molecule has 0 bridgehead atoms. The smallest absolute Gasteiger partial charge is 0.289 e. The number of rotatable bonds is 6. The fourth-order valence-corrected chi connectivity index (χ4v) is 3.09. The van der Waals surface area contributed by atoms with Crippen molar-refractivity contribution in [3.05, 3.63) is 69.4 Å². The topological polar surface area (TPSA) is 121 Å². The van der Waals surface area contributed by atoms with Gasteiger partial charge in [-0.3, -0.25) is 14.9 Å². The lowest BCUT2D eigenvalue weighted by molar-refractivity contribution is -0.384. The highest BCUT2D eigenvalue weighted by atomic mass is 35.5. The number of anilines is 3. The van der Waals surface area contributed by atoms with Gasteiger partial charge in [-0.2, -0.15) is 5.26 Å². The average molecular weight is 428 g/mol.